The van der Waals surface area contributed by atoms with Crippen LogP contribution in [0.15, 0.2) is 59.5 Å². The predicted octanol–water partition coefficient (Wildman–Crippen LogP) is 2.34. The van der Waals surface area contributed by atoms with E-state index in [9.17, 15) is 18.0 Å². The number of anilines is 1. The molecule has 0 aromatic heterocycles. The number of sulfonamides is 1. The van der Waals surface area contributed by atoms with Crippen molar-refractivity contribution in [3.63, 3.8) is 0 Å². The molecule has 0 aliphatic rings. The summed E-state index contributed by atoms with van der Waals surface area (Å²) in [5.74, 6) is -0.922. The third-order valence-corrected chi connectivity index (χ3v) is 4.84. The van der Waals surface area contributed by atoms with Crippen LogP contribution in [0, 0.1) is 0 Å². The summed E-state index contributed by atoms with van der Waals surface area (Å²) in [5.41, 5.74) is 5.57. The molecule has 0 aliphatic carbocycles. The van der Waals surface area contributed by atoms with Crippen molar-refractivity contribution in [2.75, 3.05) is 5.73 Å². The molecule has 9 heteroatoms. The fourth-order valence-electron chi connectivity index (χ4n) is 2.27. The van der Waals surface area contributed by atoms with Gasteiger partial charge in [0.2, 0.25) is 0 Å². The SMILES string of the molecule is CC(C)(C)OC(=O)N[C@H](C(=O)NS(=O)(=O)c1ccc(N)cc1)c1ccccc1. The molecule has 0 bridgehead atoms. The molecule has 2 aromatic rings. The third-order valence-electron chi connectivity index (χ3n) is 3.48. The van der Waals surface area contributed by atoms with Gasteiger partial charge in [0.15, 0.2) is 0 Å². The van der Waals surface area contributed by atoms with Crippen molar-refractivity contribution in [2.45, 2.75) is 37.3 Å². The number of nitrogens with one attached hydrogen (secondary N) is 2. The first kappa shape index (κ1) is 21.2. The molecule has 8 nitrogen and oxygen atoms in total. The molecule has 0 aliphatic heterocycles. The zero-order valence-corrected chi connectivity index (χ0v) is 16.6. The van der Waals surface area contributed by atoms with Crippen molar-refractivity contribution in [2.24, 2.45) is 0 Å². The highest BCUT2D eigenvalue weighted by Crippen LogP contribution is 2.17. The summed E-state index contributed by atoms with van der Waals surface area (Å²) in [6.07, 6.45) is -0.846. The van der Waals surface area contributed by atoms with E-state index >= 15 is 0 Å². The second-order valence-corrected chi connectivity index (χ2v) is 8.71. The summed E-state index contributed by atoms with van der Waals surface area (Å²) in [6, 6.07) is 12.4. The highest BCUT2D eigenvalue weighted by atomic mass is 32.2. The lowest BCUT2D eigenvalue weighted by atomic mass is 10.1. The number of amides is 2. The second kappa shape index (κ2) is 8.30. The Bertz CT molecular complexity index is 936. The number of rotatable bonds is 5. The molecule has 0 fully saturated rings. The summed E-state index contributed by atoms with van der Waals surface area (Å²) in [6.45, 7) is 5.03. The van der Waals surface area contributed by atoms with Crippen molar-refractivity contribution in [1.29, 1.82) is 0 Å². The Kier molecular flexibility index (Phi) is 6.30. The molecule has 0 heterocycles. The van der Waals surface area contributed by atoms with Crippen molar-refractivity contribution in [1.82, 2.24) is 10.0 Å². The van der Waals surface area contributed by atoms with Gasteiger partial charge in [0.25, 0.3) is 15.9 Å². The Morgan fingerprint density at radius 3 is 2.11 bits per heavy atom. The number of benzene rings is 2. The molecule has 4 N–H and O–H groups in total. The first-order valence-corrected chi connectivity index (χ1v) is 9.93. The van der Waals surface area contributed by atoms with E-state index in [-0.39, 0.29) is 4.90 Å². The summed E-state index contributed by atoms with van der Waals surface area (Å²) in [5, 5.41) is 2.42. The quantitative estimate of drug-likeness (QED) is 0.655. The Balaban J connectivity index is 2.26. The van der Waals surface area contributed by atoms with Gasteiger partial charge in [0.1, 0.15) is 11.6 Å². The summed E-state index contributed by atoms with van der Waals surface area (Å²) >= 11 is 0. The van der Waals surface area contributed by atoms with Gasteiger partial charge in [-0.1, -0.05) is 30.3 Å². The van der Waals surface area contributed by atoms with Crippen molar-refractivity contribution in [3.05, 3.63) is 60.2 Å². The van der Waals surface area contributed by atoms with Gasteiger partial charge in [-0.3, -0.25) is 4.79 Å². The zero-order chi connectivity index (χ0) is 20.9. The highest BCUT2D eigenvalue weighted by molar-refractivity contribution is 7.90. The fraction of sp³-hybridized carbons (Fsp3) is 0.263. The number of nitrogens with two attached hydrogens (primary N) is 1. The average Bonchev–Trinajstić information content (AvgIpc) is 2.59. The number of carbonyl (C=O) groups excluding carboxylic acids is 2. The molecular formula is C19H23N3O5S. The van der Waals surface area contributed by atoms with Crippen molar-refractivity contribution in [3.8, 4) is 0 Å². The minimum atomic E-state index is -4.15. The molecule has 2 aromatic carbocycles. The van der Waals surface area contributed by atoms with Gasteiger partial charge in [-0.25, -0.2) is 17.9 Å². The molecule has 0 saturated heterocycles. The topological polar surface area (TPSA) is 128 Å². The largest absolute Gasteiger partial charge is 0.444 e. The van der Waals surface area contributed by atoms with Gasteiger partial charge in [-0.15, -0.1) is 0 Å². The van der Waals surface area contributed by atoms with Crippen molar-refractivity contribution < 1.29 is 22.7 Å². The van der Waals surface area contributed by atoms with Gasteiger partial charge < -0.3 is 15.8 Å². The van der Waals surface area contributed by atoms with Crippen LogP contribution in [0.4, 0.5) is 10.5 Å². The van der Waals surface area contributed by atoms with E-state index < -0.39 is 33.7 Å². The molecule has 0 saturated carbocycles. The zero-order valence-electron chi connectivity index (χ0n) is 15.8. The number of alkyl carbamates (subject to hydrolysis) is 1. The smallest absolute Gasteiger partial charge is 0.408 e. The first-order valence-electron chi connectivity index (χ1n) is 8.44. The van der Waals surface area contributed by atoms with Crippen LogP contribution >= 0.6 is 0 Å². The maximum atomic E-state index is 12.7. The van der Waals surface area contributed by atoms with E-state index in [4.69, 9.17) is 10.5 Å². The molecular weight excluding hydrogens is 382 g/mol. The monoisotopic (exact) mass is 405 g/mol. The predicted molar refractivity (Wildman–Crippen MR) is 105 cm³/mol. The molecule has 0 radical (unpaired) electrons. The van der Waals surface area contributed by atoms with E-state index in [2.05, 4.69) is 5.32 Å². The second-order valence-electron chi connectivity index (χ2n) is 7.03. The van der Waals surface area contributed by atoms with E-state index in [0.29, 0.717) is 11.3 Å². The minimum Gasteiger partial charge on any atom is -0.444 e. The summed E-state index contributed by atoms with van der Waals surface area (Å²) in [7, 11) is -4.15. The first-order chi connectivity index (χ1) is 13.0. The van der Waals surface area contributed by atoms with Gasteiger partial charge in [-0.2, -0.15) is 0 Å². The lowest BCUT2D eigenvalue weighted by molar-refractivity contribution is -0.121. The normalized spacial score (nSPS) is 12.7. The van der Waals surface area contributed by atoms with E-state index in [1.165, 1.54) is 24.3 Å². The lowest BCUT2D eigenvalue weighted by Crippen LogP contribution is -2.44. The van der Waals surface area contributed by atoms with Crippen LogP contribution in [0.2, 0.25) is 0 Å². The van der Waals surface area contributed by atoms with Crippen LogP contribution in [-0.2, 0) is 19.6 Å². The maximum Gasteiger partial charge on any atom is 0.408 e. The number of carbonyl (C=O) groups is 2. The van der Waals surface area contributed by atoms with Crippen LogP contribution in [0.25, 0.3) is 0 Å². The maximum absolute atomic E-state index is 12.7. The third kappa shape index (κ3) is 5.98. The minimum absolute atomic E-state index is 0.126. The molecule has 150 valence electrons. The van der Waals surface area contributed by atoms with Crippen LogP contribution < -0.4 is 15.8 Å². The van der Waals surface area contributed by atoms with Crippen LogP contribution in [0.5, 0.6) is 0 Å². The summed E-state index contributed by atoms with van der Waals surface area (Å²) < 4.78 is 32.1. The van der Waals surface area contributed by atoms with E-state index in [1.807, 2.05) is 4.72 Å². The number of hydrogen-bond acceptors (Lipinski definition) is 6. The van der Waals surface area contributed by atoms with Crippen LogP contribution in [0.1, 0.15) is 32.4 Å². The molecule has 1 atom stereocenters. The number of ether oxygens (including phenoxy) is 1. The summed E-state index contributed by atoms with van der Waals surface area (Å²) in [4.78, 5) is 24.7. The van der Waals surface area contributed by atoms with Crippen molar-refractivity contribution >= 4 is 27.7 Å². The number of nitrogen functional groups attached to an aromatic ring is 1. The number of hydrogen-bond donors (Lipinski definition) is 3. The van der Waals surface area contributed by atoms with Gasteiger partial charge in [0.05, 0.1) is 4.90 Å². The van der Waals surface area contributed by atoms with Crippen LogP contribution in [-0.4, -0.2) is 26.0 Å². The van der Waals surface area contributed by atoms with Gasteiger partial charge in [0, 0.05) is 5.69 Å². The molecule has 0 spiro atoms. The van der Waals surface area contributed by atoms with E-state index in [1.54, 1.807) is 51.1 Å². The van der Waals surface area contributed by atoms with Gasteiger partial charge in [-0.05, 0) is 50.6 Å². The van der Waals surface area contributed by atoms with E-state index in [0.717, 1.165) is 0 Å². The Morgan fingerprint density at radius 2 is 1.57 bits per heavy atom. The fourth-order valence-corrected chi connectivity index (χ4v) is 3.26. The Labute approximate surface area is 164 Å². The molecule has 0 unspecified atom stereocenters. The Hall–Kier alpha value is -3.07. The molecule has 2 amide bonds. The standard InChI is InChI=1S/C19H23N3O5S/c1-19(2,3)27-18(24)21-16(13-7-5-4-6-8-13)17(23)22-28(25,26)15-11-9-14(20)10-12-15/h4-12,16H,20H2,1-3H3,(H,21,24)(H,22,23)/t16-/m0/s1. The highest BCUT2D eigenvalue weighted by Gasteiger charge is 2.29. The molecule has 2 rings (SSSR count). The lowest BCUT2D eigenvalue weighted by Gasteiger charge is -2.23. The van der Waals surface area contributed by atoms with Crippen LogP contribution in [0.3, 0.4) is 0 Å². The Morgan fingerprint density at radius 1 is 1.00 bits per heavy atom. The van der Waals surface area contributed by atoms with Gasteiger partial charge >= 0.3 is 6.09 Å². The molecule has 28 heavy (non-hydrogen) atoms. The average molecular weight is 405 g/mol.